The minimum absolute atomic E-state index is 0.142. The van der Waals surface area contributed by atoms with Gasteiger partial charge in [-0.25, -0.2) is 0 Å². The molecule has 1 amide bonds. The van der Waals surface area contributed by atoms with Crippen LogP contribution in [0.25, 0.3) is 0 Å². The van der Waals surface area contributed by atoms with E-state index in [4.69, 9.17) is 4.74 Å². The highest BCUT2D eigenvalue weighted by molar-refractivity contribution is 5.97. The number of carbonyl (C=O) groups is 1. The fourth-order valence-electron chi connectivity index (χ4n) is 3.50. The fraction of sp³-hybridized carbons (Fsp3) is 0.381. The summed E-state index contributed by atoms with van der Waals surface area (Å²) in [6, 6.07) is 12.1. The minimum atomic E-state index is -0.524. The van der Waals surface area contributed by atoms with Crippen molar-refractivity contribution in [2.75, 3.05) is 20.2 Å². The maximum absolute atomic E-state index is 12.6. The number of nitro benzene ring substituents is 1. The van der Waals surface area contributed by atoms with Crippen LogP contribution < -0.4 is 10.1 Å². The van der Waals surface area contributed by atoms with Crippen LogP contribution in [0.15, 0.2) is 42.5 Å². The molecule has 1 aliphatic rings. The Morgan fingerprint density at radius 2 is 1.86 bits per heavy atom. The van der Waals surface area contributed by atoms with Crippen LogP contribution in [0.1, 0.15) is 40.7 Å². The Morgan fingerprint density at radius 1 is 1.14 bits per heavy atom. The van der Waals surface area contributed by atoms with E-state index in [1.54, 1.807) is 0 Å². The second kappa shape index (κ2) is 9.32. The van der Waals surface area contributed by atoms with E-state index in [0.29, 0.717) is 12.3 Å². The number of hydrogen-bond acceptors (Lipinski definition) is 5. The molecule has 3 rings (SSSR count). The summed E-state index contributed by atoms with van der Waals surface area (Å²) >= 11 is 0. The number of nitro groups is 1. The second-order valence-corrected chi connectivity index (χ2v) is 6.93. The fourth-order valence-corrected chi connectivity index (χ4v) is 3.50. The van der Waals surface area contributed by atoms with Gasteiger partial charge in [-0.15, -0.1) is 0 Å². The summed E-state index contributed by atoms with van der Waals surface area (Å²) in [5, 5.41) is 13.9. The van der Waals surface area contributed by atoms with Gasteiger partial charge in [-0.05, 0) is 43.1 Å². The number of methoxy groups -OCH3 is 1. The van der Waals surface area contributed by atoms with E-state index in [0.717, 1.165) is 25.2 Å². The molecule has 0 aliphatic carbocycles. The molecule has 1 saturated heterocycles. The van der Waals surface area contributed by atoms with Crippen molar-refractivity contribution in [1.29, 1.82) is 0 Å². The van der Waals surface area contributed by atoms with Crippen molar-refractivity contribution in [2.24, 2.45) is 0 Å². The van der Waals surface area contributed by atoms with Crippen molar-refractivity contribution in [3.8, 4) is 5.75 Å². The Kier molecular flexibility index (Phi) is 6.60. The summed E-state index contributed by atoms with van der Waals surface area (Å²) in [7, 11) is 1.44. The molecule has 1 N–H and O–H groups in total. The predicted octanol–water partition coefficient (Wildman–Crippen LogP) is 3.52. The normalized spacial score (nSPS) is 14.5. The van der Waals surface area contributed by atoms with Crippen LogP contribution in [0, 0.1) is 10.1 Å². The van der Waals surface area contributed by atoms with Crippen LogP contribution in [0.3, 0.4) is 0 Å². The van der Waals surface area contributed by atoms with Crippen LogP contribution in [-0.2, 0) is 13.1 Å². The molecule has 7 heteroatoms. The number of rotatable bonds is 7. The number of ether oxygens (including phenoxy) is 1. The number of nitrogens with one attached hydrogen (secondary N) is 1. The minimum Gasteiger partial charge on any atom is -0.496 e. The molecule has 0 aromatic heterocycles. The van der Waals surface area contributed by atoms with Crippen molar-refractivity contribution in [2.45, 2.75) is 32.4 Å². The summed E-state index contributed by atoms with van der Waals surface area (Å²) in [6.07, 6.45) is 3.75. The quantitative estimate of drug-likeness (QED) is 0.584. The van der Waals surface area contributed by atoms with Crippen molar-refractivity contribution in [1.82, 2.24) is 10.2 Å². The molecule has 0 bridgehead atoms. The van der Waals surface area contributed by atoms with E-state index >= 15 is 0 Å². The molecule has 0 unspecified atom stereocenters. The molecule has 0 saturated carbocycles. The van der Waals surface area contributed by atoms with Gasteiger partial charge in [0.05, 0.1) is 17.6 Å². The van der Waals surface area contributed by atoms with Crippen LogP contribution in [-0.4, -0.2) is 35.9 Å². The lowest BCUT2D eigenvalue weighted by atomic mass is 10.0. The van der Waals surface area contributed by atoms with E-state index in [-0.39, 0.29) is 11.3 Å². The SMILES string of the molecule is COc1ccc([N+](=O)[O-])cc1C(=O)NCc1ccccc1CN1CCCCC1. The summed E-state index contributed by atoms with van der Waals surface area (Å²) in [4.78, 5) is 25.6. The first-order valence-electron chi connectivity index (χ1n) is 9.48. The summed E-state index contributed by atoms with van der Waals surface area (Å²) < 4.78 is 5.19. The Balaban J connectivity index is 1.71. The summed E-state index contributed by atoms with van der Waals surface area (Å²) in [5.41, 5.74) is 2.25. The third kappa shape index (κ3) is 4.86. The molecule has 148 valence electrons. The van der Waals surface area contributed by atoms with Crippen LogP contribution in [0.2, 0.25) is 0 Å². The molecule has 28 heavy (non-hydrogen) atoms. The Hall–Kier alpha value is -2.93. The monoisotopic (exact) mass is 383 g/mol. The molecule has 1 fully saturated rings. The number of amides is 1. The average molecular weight is 383 g/mol. The van der Waals surface area contributed by atoms with Gasteiger partial charge in [0.25, 0.3) is 11.6 Å². The molecule has 0 radical (unpaired) electrons. The lowest BCUT2D eigenvalue weighted by Crippen LogP contribution is -2.30. The Morgan fingerprint density at radius 3 is 2.54 bits per heavy atom. The van der Waals surface area contributed by atoms with Crippen molar-refractivity contribution < 1.29 is 14.5 Å². The third-order valence-corrected chi connectivity index (χ3v) is 5.04. The number of likely N-dealkylation sites (tertiary alicyclic amines) is 1. The first-order chi connectivity index (χ1) is 13.6. The maximum atomic E-state index is 12.6. The molecule has 2 aromatic carbocycles. The van der Waals surface area contributed by atoms with Gasteiger partial charge in [-0.3, -0.25) is 19.8 Å². The van der Waals surface area contributed by atoms with Crippen molar-refractivity contribution in [3.63, 3.8) is 0 Å². The van der Waals surface area contributed by atoms with Crippen LogP contribution >= 0.6 is 0 Å². The molecule has 7 nitrogen and oxygen atoms in total. The molecule has 1 aliphatic heterocycles. The summed E-state index contributed by atoms with van der Waals surface area (Å²) in [6.45, 7) is 3.43. The first-order valence-corrected chi connectivity index (χ1v) is 9.48. The van der Waals surface area contributed by atoms with E-state index < -0.39 is 10.8 Å². The van der Waals surface area contributed by atoms with E-state index in [1.165, 1.54) is 50.1 Å². The van der Waals surface area contributed by atoms with Gasteiger partial charge in [0.1, 0.15) is 5.75 Å². The van der Waals surface area contributed by atoms with Gasteiger partial charge >= 0.3 is 0 Å². The molecular weight excluding hydrogens is 358 g/mol. The van der Waals surface area contributed by atoms with E-state index in [2.05, 4.69) is 16.3 Å². The molecular formula is C21H25N3O4. The highest BCUT2D eigenvalue weighted by Crippen LogP contribution is 2.24. The largest absolute Gasteiger partial charge is 0.496 e. The average Bonchev–Trinajstić information content (AvgIpc) is 2.73. The predicted molar refractivity (Wildman–Crippen MR) is 106 cm³/mol. The smallest absolute Gasteiger partial charge is 0.270 e. The van der Waals surface area contributed by atoms with Gasteiger partial charge < -0.3 is 10.1 Å². The molecule has 2 aromatic rings. The number of benzene rings is 2. The highest BCUT2D eigenvalue weighted by Gasteiger charge is 2.18. The van der Waals surface area contributed by atoms with Gasteiger partial charge in [-0.1, -0.05) is 30.7 Å². The number of hydrogen-bond donors (Lipinski definition) is 1. The topological polar surface area (TPSA) is 84.7 Å². The van der Waals surface area contributed by atoms with Gasteiger partial charge in [0.15, 0.2) is 0 Å². The maximum Gasteiger partial charge on any atom is 0.270 e. The lowest BCUT2D eigenvalue weighted by Gasteiger charge is -2.27. The molecule has 0 atom stereocenters. The van der Waals surface area contributed by atoms with Crippen molar-refractivity contribution in [3.05, 3.63) is 69.3 Å². The standard InChI is InChI=1S/C21H25N3O4/c1-28-20-10-9-18(24(26)27)13-19(20)21(25)22-14-16-7-3-4-8-17(16)15-23-11-5-2-6-12-23/h3-4,7-10,13H,2,5-6,11-12,14-15H2,1H3,(H,22,25). The Labute approximate surface area is 164 Å². The second-order valence-electron chi connectivity index (χ2n) is 6.93. The van der Waals surface area contributed by atoms with Crippen LogP contribution in [0.5, 0.6) is 5.75 Å². The van der Waals surface area contributed by atoms with Gasteiger partial charge in [0, 0.05) is 25.2 Å². The van der Waals surface area contributed by atoms with E-state index in [1.807, 2.05) is 18.2 Å². The number of carbonyl (C=O) groups excluding carboxylic acids is 1. The lowest BCUT2D eigenvalue weighted by molar-refractivity contribution is -0.384. The zero-order chi connectivity index (χ0) is 19.9. The third-order valence-electron chi connectivity index (χ3n) is 5.04. The van der Waals surface area contributed by atoms with Crippen LogP contribution in [0.4, 0.5) is 5.69 Å². The van der Waals surface area contributed by atoms with Crippen molar-refractivity contribution >= 4 is 11.6 Å². The summed E-state index contributed by atoms with van der Waals surface area (Å²) in [5.74, 6) is -0.0852. The molecule has 1 heterocycles. The number of nitrogens with zero attached hydrogens (tertiary/aromatic N) is 2. The Bertz CT molecular complexity index is 847. The number of non-ortho nitro benzene ring substituents is 1. The highest BCUT2D eigenvalue weighted by atomic mass is 16.6. The zero-order valence-corrected chi connectivity index (χ0v) is 16.0. The molecule has 0 spiro atoms. The van der Waals surface area contributed by atoms with Gasteiger partial charge in [0.2, 0.25) is 0 Å². The zero-order valence-electron chi connectivity index (χ0n) is 16.0. The van der Waals surface area contributed by atoms with Gasteiger partial charge in [-0.2, -0.15) is 0 Å². The first kappa shape index (κ1) is 19.8. The van der Waals surface area contributed by atoms with E-state index in [9.17, 15) is 14.9 Å². The number of piperidine rings is 1.